The Morgan fingerprint density at radius 1 is 1.27 bits per heavy atom. The third-order valence-electron chi connectivity index (χ3n) is 3.50. The Bertz CT molecular complexity index is 109. The van der Waals surface area contributed by atoms with Crippen LogP contribution in [-0.4, -0.2) is 13.1 Å². The maximum absolute atomic E-state index is 3.34. The molecule has 0 rings (SSSR count). The smallest absolute Gasteiger partial charge is 0.00918 e. The van der Waals surface area contributed by atoms with Gasteiger partial charge in [0.15, 0.2) is 0 Å². The molecule has 1 heteroatoms. The van der Waals surface area contributed by atoms with Crippen molar-refractivity contribution in [3.8, 4) is 0 Å². The van der Waals surface area contributed by atoms with E-state index in [0.717, 1.165) is 5.92 Å². The molecule has 2 atom stereocenters. The summed E-state index contributed by atoms with van der Waals surface area (Å²) in [5, 5.41) is 3.34. The van der Waals surface area contributed by atoms with Crippen LogP contribution in [0.2, 0.25) is 0 Å². The second-order valence-electron chi connectivity index (χ2n) is 4.02. The van der Waals surface area contributed by atoms with Crippen LogP contribution in [0.1, 0.15) is 41.0 Å². The lowest BCUT2D eigenvalue weighted by Gasteiger charge is -2.38. The molecule has 0 saturated carbocycles. The summed E-state index contributed by atoms with van der Waals surface area (Å²) in [6.45, 7) is 11.5. The molecule has 1 nitrogen and oxygen atoms in total. The highest BCUT2D eigenvalue weighted by atomic mass is 14.9. The predicted octanol–water partition coefficient (Wildman–Crippen LogP) is 2.67. The molecule has 0 aromatic heterocycles. The first-order chi connectivity index (χ1) is 4.99. The van der Waals surface area contributed by atoms with E-state index in [9.17, 15) is 0 Å². The third kappa shape index (κ3) is 2.19. The minimum Gasteiger partial charge on any atom is -0.317 e. The highest BCUT2D eigenvalue weighted by Crippen LogP contribution is 2.34. The molecule has 0 bridgehead atoms. The van der Waals surface area contributed by atoms with Gasteiger partial charge in [-0.2, -0.15) is 0 Å². The zero-order valence-electron chi connectivity index (χ0n) is 8.86. The number of hydrogen-bond acceptors (Lipinski definition) is 1. The number of nitrogens with one attached hydrogen (secondary N) is 1. The third-order valence-corrected chi connectivity index (χ3v) is 3.50. The number of hydrogen-bond donors (Lipinski definition) is 1. The second kappa shape index (κ2) is 4.10. The Morgan fingerprint density at radius 2 is 1.73 bits per heavy atom. The Kier molecular flexibility index (Phi) is 4.09. The summed E-state index contributed by atoms with van der Waals surface area (Å²) in [6, 6.07) is 0.604. The van der Waals surface area contributed by atoms with Crippen LogP contribution in [0.5, 0.6) is 0 Å². The van der Waals surface area contributed by atoms with Gasteiger partial charge in [0, 0.05) is 6.04 Å². The van der Waals surface area contributed by atoms with Crippen LogP contribution in [-0.2, 0) is 0 Å². The molecule has 0 radical (unpaired) electrons. The summed E-state index contributed by atoms with van der Waals surface area (Å²) in [7, 11) is 2.04. The zero-order valence-corrected chi connectivity index (χ0v) is 8.86. The second-order valence-corrected chi connectivity index (χ2v) is 4.02. The molecule has 0 aromatic carbocycles. The van der Waals surface area contributed by atoms with Crippen LogP contribution < -0.4 is 5.32 Å². The van der Waals surface area contributed by atoms with E-state index in [1.807, 2.05) is 7.05 Å². The van der Waals surface area contributed by atoms with Crippen LogP contribution in [0.25, 0.3) is 0 Å². The van der Waals surface area contributed by atoms with Crippen molar-refractivity contribution in [1.29, 1.82) is 0 Å². The van der Waals surface area contributed by atoms with Gasteiger partial charge in [0.05, 0.1) is 0 Å². The van der Waals surface area contributed by atoms with Gasteiger partial charge in [-0.25, -0.2) is 0 Å². The van der Waals surface area contributed by atoms with Crippen LogP contribution in [0.4, 0.5) is 0 Å². The fourth-order valence-corrected chi connectivity index (χ4v) is 1.54. The van der Waals surface area contributed by atoms with Gasteiger partial charge >= 0.3 is 0 Å². The van der Waals surface area contributed by atoms with Crippen molar-refractivity contribution in [2.24, 2.45) is 11.3 Å². The lowest BCUT2D eigenvalue weighted by molar-refractivity contribution is 0.149. The highest BCUT2D eigenvalue weighted by molar-refractivity contribution is 4.85. The van der Waals surface area contributed by atoms with E-state index in [0.29, 0.717) is 11.5 Å². The molecule has 0 amide bonds. The molecule has 0 aliphatic heterocycles. The van der Waals surface area contributed by atoms with Crippen molar-refractivity contribution in [2.75, 3.05) is 7.05 Å². The van der Waals surface area contributed by atoms with Crippen molar-refractivity contribution in [2.45, 2.75) is 47.1 Å². The van der Waals surface area contributed by atoms with Crippen molar-refractivity contribution in [1.82, 2.24) is 5.32 Å². The SMILES string of the molecule is CCC(C)(C(C)C)[C@@H](C)NC. The average Bonchev–Trinajstić information content (AvgIpc) is 2.01. The molecule has 0 saturated heterocycles. The van der Waals surface area contributed by atoms with Gasteiger partial charge in [-0.15, -0.1) is 0 Å². The highest BCUT2D eigenvalue weighted by Gasteiger charge is 2.31. The maximum Gasteiger partial charge on any atom is 0.00918 e. The summed E-state index contributed by atoms with van der Waals surface area (Å²) in [6.07, 6.45) is 1.24. The summed E-state index contributed by atoms with van der Waals surface area (Å²) >= 11 is 0. The van der Waals surface area contributed by atoms with Gasteiger partial charge in [0.25, 0.3) is 0 Å². The standard InChI is InChI=1S/C10H23N/c1-7-10(5,8(2)3)9(4)11-6/h8-9,11H,7H2,1-6H3/t9-,10?/m1/s1. The minimum atomic E-state index is 0.439. The summed E-state index contributed by atoms with van der Waals surface area (Å²) in [4.78, 5) is 0. The molecule has 11 heavy (non-hydrogen) atoms. The van der Waals surface area contributed by atoms with Gasteiger partial charge in [-0.3, -0.25) is 0 Å². The van der Waals surface area contributed by atoms with E-state index in [4.69, 9.17) is 0 Å². The van der Waals surface area contributed by atoms with E-state index < -0.39 is 0 Å². The van der Waals surface area contributed by atoms with Gasteiger partial charge in [-0.1, -0.05) is 27.7 Å². The summed E-state index contributed by atoms with van der Waals surface area (Å²) in [5.41, 5.74) is 0.439. The van der Waals surface area contributed by atoms with Crippen LogP contribution >= 0.6 is 0 Å². The molecule has 1 unspecified atom stereocenters. The van der Waals surface area contributed by atoms with Crippen molar-refractivity contribution in [3.63, 3.8) is 0 Å². The topological polar surface area (TPSA) is 12.0 Å². The molecule has 68 valence electrons. The van der Waals surface area contributed by atoms with Crippen LogP contribution in [0.15, 0.2) is 0 Å². The van der Waals surface area contributed by atoms with E-state index in [1.165, 1.54) is 6.42 Å². The minimum absolute atomic E-state index is 0.439. The van der Waals surface area contributed by atoms with Crippen molar-refractivity contribution in [3.05, 3.63) is 0 Å². The fraction of sp³-hybridized carbons (Fsp3) is 1.00. The van der Waals surface area contributed by atoms with E-state index >= 15 is 0 Å². The maximum atomic E-state index is 3.34. The lowest BCUT2D eigenvalue weighted by Crippen LogP contribution is -2.42. The fourth-order valence-electron chi connectivity index (χ4n) is 1.54. The molecule has 0 spiro atoms. The van der Waals surface area contributed by atoms with Crippen LogP contribution in [0.3, 0.4) is 0 Å². The Balaban J connectivity index is 4.32. The molecule has 0 aliphatic carbocycles. The lowest BCUT2D eigenvalue weighted by atomic mass is 9.72. The largest absolute Gasteiger partial charge is 0.317 e. The van der Waals surface area contributed by atoms with Gasteiger partial charge < -0.3 is 5.32 Å². The summed E-state index contributed by atoms with van der Waals surface area (Å²) < 4.78 is 0. The molecular formula is C10H23N. The Morgan fingerprint density at radius 3 is 1.82 bits per heavy atom. The first-order valence-electron chi connectivity index (χ1n) is 4.66. The summed E-state index contributed by atoms with van der Waals surface area (Å²) in [5.74, 6) is 0.745. The molecule has 0 aromatic rings. The zero-order chi connectivity index (χ0) is 9.07. The van der Waals surface area contributed by atoms with Crippen molar-refractivity contribution >= 4 is 0 Å². The van der Waals surface area contributed by atoms with E-state index in [-0.39, 0.29) is 0 Å². The monoisotopic (exact) mass is 157 g/mol. The van der Waals surface area contributed by atoms with Crippen LogP contribution in [0, 0.1) is 11.3 Å². The molecule has 0 fully saturated rings. The van der Waals surface area contributed by atoms with Gasteiger partial charge in [0.2, 0.25) is 0 Å². The Labute approximate surface area is 71.6 Å². The van der Waals surface area contributed by atoms with Crippen molar-refractivity contribution < 1.29 is 0 Å². The van der Waals surface area contributed by atoms with Gasteiger partial charge in [-0.05, 0) is 31.7 Å². The Hall–Kier alpha value is -0.0400. The van der Waals surface area contributed by atoms with E-state index in [2.05, 4.69) is 39.9 Å². The molecule has 0 heterocycles. The molecular weight excluding hydrogens is 134 g/mol. The van der Waals surface area contributed by atoms with Gasteiger partial charge in [0.1, 0.15) is 0 Å². The molecule has 0 aliphatic rings. The first kappa shape index (κ1) is 11.0. The predicted molar refractivity (Wildman–Crippen MR) is 51.8 cm³/mol. The quantitative estimate of drug-likeness (QED) is 0.661. The first-order valence-corrected chi connectivity index (χ1v) is 4.66. The average molecular weight is 157 g/mol. The molecule has 1 N–H and O–H groups in total. The van der Waals surface area contributed by atoms with E-state index in [1.54, 1.807) is 0 Å². The number of rotatable bonds is 4. The normalized spacial score (nSPS) is 19.9.